The van der Waals surface area contributed by atoms with Crippen LogP contribution in [0.3, 0.4) is 0 Å². The monoisotopic (exact) mass is 384 g/mol. The van der Waals surface area contributed by atoms with Crippen molar-refractivity contribution in [3.63, 3.8) is 0 Å². The third-order valence-electron chi connectivity index (χ3n) is 5.96. The predicted octanol–water partition coefficient (Wildman–Crippen LogP) is 3.51. The Labute approximate surface area is 166 Å². The average molecular weight is 384 g/mol. The van der Waals surface area contributed by atoms with Crippen molar-refractivity contribution in [3.8, 4) is 0 Å². The van der Waals surface area contributed by atoms with E-state index in [2.05, 4.69) is 32.2 Å². The minimum Gasteiger partial charge on any atom is -0.396 e. The lowest BCUT2D eigenvalue weighted by Crippen LogP contribution is -2.49. The second-order valence-corrected chi connectivity index (χ2v) is 7.86. The summed E-state index contributed by atoms with van der Waals surface area (Å²) in [5.74, 6) is 0.778. The van der Waals surface area contributed by atoms with E-state index >= 15 is 0 Å². The maximum absolute atomic E-state index is 13.6. The van der Waals surface area contributed by atoms with Gasteiger partial charge in [-0.25, -0.2) is 9.37 Å². The zero-order valence-electron chi connectivity index (χ0n) is 16.2. The first-order valence-corrected chi connectivity index (χ1v) is 10.3. The maximum Gasteiger partial charge on any atom is 0.128 e. The van der Waals surface area contributed by atoms with Crippen LogP contribution >= 0.6 is 0 Å². The van der Waals surface area contributed by atoms with E-state index in [1.54, 1.807) is 12.1 Å². The molecule has 0 unspecified atom stereocenters. The summed E-state index contributed by atoms with van der Waals surface area (Å²) in [5, 5.41) is 13.4. The Bertz CT molecular complexity index is 781. The number of halogens is 1. The summed E-state index contributed by atoms with van der Waals surface area (Å²) >= 11 is 0. The molecule has 0 bridgehead atoms. The SMILES string of the molecule is OC[C@@H]1CCN(c2cccc(F)c2)C[C@@H]1Nc1cc(N2CCCCC2)ccn1. The summed E-state index contributed by atoms with van der Waals surface area (Å²) < 4.78 is 13.6. The largest absolute Gasteiger partial charge is 0.396 e. The second-order valence-electron chi connectivity index (χ2n) is 7.86. The van der Waals surface area contributed by atoms with Crippen LogP contribution in [0.25, 0.3) is 0 Å². The Morgan fingerprint density at radius 2 is 1.86 bits per heavy atom. The topological polar surface area (TPSA) is 51.6 Å². The van der Waals surface area contributed by atoms with Gasteiger partial charge < -0.3 is 20.2 Å². The smallest absolute Gasteiger partial charge is 0.128 e. The van der Waals surface area contributed by atoms with Crippen LogP contribution in [0, 0.1) is 11.7 Å². The molecule has 0 aliphatic carbocycles. The standard InChI is InChI=1S/C22H29FN4O/c23-18-5-4-6-19(13-18)27-12-8-17(16-28)21(15-27)25-22-14-20(7-9-24-22)26-10-2-1-3-11-26/h4-7,9,13-14,17,21,28H,1-3,8,10-12,15-16H2,(H,24,25)/t17-,21-/m0/s1. The molecule has 150 valence electrons. The fourth-order valence-electron chi connectivity index (χ4n) is 4.33. The summed E-state index contributed by atoms with van der Waals surface area (Å²) in [6, 6.07) is 11.0. The first kappa shape index (κ1) is 19.0. The molecule has 6 heteroatoms. The van der Waals surface area contributed by atoms with Crippen LogP contribution in [0.4, 0.5) is 21.6 Å². The van der Waals surface area contributed by atoms with E-state index in [4.69, 9.17) is 0 Å². The molecule has 0 saturated carbocycles. The first-order valence-electron chi connectivity index (χ1n) is 10.3. The Balaban J connectivity index is 1.48. The molecule has 0 radical (unpaired) electrons. The number of piperidine rings is 2. The maximum atomic E-state index is 13.6. The van der Waals surface area contributed by atoms with Crippen LogP contribution in [-0.2, 0) is 0 Å². The molecule has 1 aromatic heterocycles. The lowest BCUT2D eigenvalue weighted by atomic mass is 9.92. The van der Waals surface area contributed by atoms with Gasteiger partial charge in [0.05, 0.1) is 6.04 Å². The third kappa shape index (κ3) is 4.38. The fourth-order valence-corrected chi connectivity index (χ4v) is 4.33. The van der Waals surface area contributed by atoms with Gasteiger partial charge >= 0.3 is 0 Å². The van der Waals surface area contributed by atoms with Crippen molar-refractivity contribution in [2.75, 3.05) is 47.9 Å². The van der Waals surface area contributed by atoms with Gasteiger partial charge in [0, 0.05) is 62.3 Å². The van der Waals surface area contributed by atoms with Crippen molar-refractivity contribution < 1.29 is 9.50 Å². The number of nitrogens with one attached hydrogen (secondary N) is 1. The molecule has 2 fully saturated rings. The first-order chi connectivity index (χ1) is 13.7. The number of nitrogens with zero attached hydrogens (tertiary/aromatic N) is 3. The summed E-state index contributed by atoms with van der Waals surface area (Å²) in [5.41, 5.74) is 2.09. The molecule has 5 nitrogen and oxygen atoms in total. The van der Waals surface area contributed by atoms with Gasteiger partial charge in [-0.1, -0.05) is 6.07 Å². The lowest BCUT2D eigenvalue weighted by molar-refractivity contribution is 0.192. The van der Waals surface area contributed by atoms with Gasteiger partial charge in [-0.05, 0) is 49.9 Å². The Kier molecular flexibility index (Phi) is 5.95. The van der Waals surface area contributed by atoms with Crippen LogP contribution in [-0.4, -0.2) is 48.9 Å². The highest BCUT2D eigenvalue weighted by Crippen LogP contribution is 2.27. The summed E-state index contributed by atoms with van der Waals surface area (Å²) in [4.78, 5) is 9.11. The van der Waals surface area contributed by atoms with Crippen LogP contribution in [0.2, 0.25) is 0 Å². The molecule has 2 aromatic rings. The molecule has 2 atom stereocenters. The van der Waals surface area contributed by atoms with E-state index in [0.717, 1.165) is 37.6 Å². The van der Waals surface area contributed by atoms with E-state index in [0.29, 0.717) is 6.54 Å². The number of aliphatic hydroxyl groups excluding tert-OH is 1. The highest BCUT2D eigenvalue weighted by Gasteiger charge is 2.29. The lowest BCUT2D eigenvalue weighted by Gasteiger charge is -2.40. The number of anilines is 3. The van der Waals surface area contributed by atoms with Gasteiger partial charge in [-0.2, -0.15) is 0 Å². The average Bonchev–Trinajstić information content (AvgIpc) is 2.74. The zero-order chi connectivity index (χ0) is 19.3. The molecule has 0 amide bonds. The minimum atomic E-state index is -0.220. The number of benzene rings is 1. The van der Waals surface area contributed by atoms with Gasteiger partial charge in [-0.15, -0.1) is 0 Å². The molecule has 2 N–H and O–H groups in total. The van der Waals surface area contributed by atoms with Gasteiger partial charge in [0.2, 0.25) is 0 Å². The molecule has 2 aliphatic heterocycles. The zero-order valence-corrected chi connectivity index (χ0v) is 16.2. The molecule has 3 heterocycles. The number of hydrogen-bond donors (Lipinski definition) is 2. The van der Waals surface area contributed by atoms with E-state index in [1.807, 2.05) is 12.3 Å². The molecular formula is C22H29FN4O. The molecule has 2 saturated heterocycles. The van der Waals surface area contributed by atoms with Crippen molar-refractivity contribution in [1.82, 2.24) is 4.98 Å². The molecule has 4 rings (SSSR count). The van der Waals surface area contributed by atoms with Crippen LogP contribution in [0.15, 0.2) is 42.6 Å². The van der Waals surface area contributed by atoms with Crippen molar-refractivity contribution in [2.24, 2.45) is 5.92 Å². The Morgan fingerprint density at radius 3 is 2.64 bits per heavy atom. The molecule has 1 aromatic carbocycles. The number of aliphatic hydroxyl groups is 1. The van der Waals surface area contributed by atoms with Crippen molar-refractivity contribution in [1.29, 1.82) is 0 Å². The predicted molar refractivity (Wildman–Crippen MR) is 112 cm³/mol. The van der Waals surface area contributed by atoms with Crippen LogP contribution < -0.4 is 15.1 Å². The van der Waals surface area contributed by atoms with E-state index in [9.17, 15) is 9.50 Å². The molecule has 2 aliphatic rings. The van der Waals surface area contributed by atoms with Crippen LogP contribution in [0.1, 0.15) is 25.7 Å². The Hall–Kier alpha value is -2.34. The minimum absolute atomic E-state index is 0.0612. The summed E-state index contributed by atoms with van der Waals surface area (Å²) in [6.07, 6.45) is 6.50. The molecular weight excluding hydrogens is 355 g/mol. The highest BCUT2D eigenvalue weighted by molar-refractivity contribution is 5.55. The fraction of sp³-hybridized carbons (Fsp3) is 0.500. The number of rotatable bonds is 5. The highest BCUT2D eigenvalue weighted by atomic mass is 19.1. The Morgan fingerprint density at radius 1 is 1.04 bits per heavy atom. The van der Waals surface area contributed by atoms with Crippen molar-refractivity contribution >= 4 is 17.2 Å². The molecule has 0 spiro atoms. The van der Waals surface area contributed by atoms with Crippen molar-refractivity contribution in [3.05, 3.63) is 48.4 Å². The summed E-state index contributed by atoms with van der Waals surface area (Å²) in [7, 11) is 0. The van der Waals surface area contributed by atoms with E-state index in [-0.39, 0.29) is 24.4 Å². The van der Waals surface area contributed by atoms with Gasteiger partial charge in [-0.3, -0.25) is 0 Å². The van der Waals surface area contributed by atoms with Gasteiger partial charge in [0.25, 0.3) is 0 Å². The van der Waals surface area contributed by atoms with Gasteiger partial charge in [0.15, 0.2) is 0 Å². The quantitative estimate of drug-likeness (QED) is 0.826. The second kappa shape index (κ2) is 8.78. The van der Waals surface area contributed by atoms with Crippen LogP contribution in [0.5, 0.6) is 0 Å². The summed E-state index contributed by atoms with van der Waals surface area (Å²) in [6.45, 7) is 3.86. The third-order valence-corrected chi connectivity index (χ3v) is 5.96. The normalized spacial score (nSPS) is 22.9. The number of aromatic nitrogens is 1. The van der Waals surface area contributed by atoms with Crippen molar-refractivity contribution in [2.45, 2.75) is 31.7 Å². The molecule has 28 heavy (non-hydrogen) atoms. The van der Waals surface area contributed by atoms with E-state index in [1.165, 1.54) is 31.0 Å². The van der Waals surface area contributed by atoms with Gasteiger partial charge in [0.1, 0.15) is 11.6 Å². The number of pyridine rings is 1. The number of hydrogen-bond acceptors (Lipinski definition) is 5. The van der Waals surface area contributed by atoms with E-state index < -0.39 is 0 Å².